The molecule has 2 aliphatic rings. The summed E-state index contributed by atoms with van der Waals surface area (Å²) in [4.78, 5) is 2.38. The van der Waals surface area contributed by atoms with Crippen molar-refractivity contribution in [3.8, 4) is 5.75 Å². The van der Waals surface area contributed by atoms with E-state index in [1.54, 1.807) is 0 Å². The van der Waals surface area contributed by atoms with E-state index in [2.05, 4.69) is 17.0 Å². The number of ether oxygens (including phenoxy) is 1. The van der Waals surface area contributed by atoms with Crippen molar-refractivity contribution in [3.05, 3.63) is 29.8 Å². The molecule has 1 N–H and O–H groups in total. The first-order chi connectivity index (χ1) is 8.34. The van der Waals surface area contributed by atoms with Gasteiger partial charge in [0.2, 0.25) is 0 Å². The zero-order chi connectivity index (χ0) is 11.7. The van der Waals surface area contributed by atoms with Gasteiger partial charge in [-0.15, -0.1) is 0 Å². The van der Waals surface area contributed by atoms with Gasteiger partial charge in [-0.25, -0.2) is 0 Å². The Bertz CT molecular complexity index is 394. The van der Waals surface area contributed by atoms with Gasteiger partial charge < -0.3 is 9.84 Å². The summed E-state index contributed by atoms with van der Waals surface area (Å²) in [7, 11) is 0. The molecule has 0 bridgehead atoms. The summed E-state index contributed by atoms with van der Waals surface area (Å²) in [5, 5.41) is 10.00. The summed E-state index contributed by atoms with van der Waals surface area (Å²) in [5.74, 6) is 1.00. The zero-order valence-electron chi connectivity index (χ0n) is 10.0. The average molecular weight is 233 g/mol. The lowest BCUT2D eigenvalue weighted by Crippen LogP contribution is -2.41. The van der Waals surface area contributed by atoms with Gasteiger partial charge in [0.15, 0.2) is 0 Å². The van der Waals surface area contributed by atoms with Crippen molar-refractivity contribution in [2.24, 2.45) is 0 Å². The van der Waals surface area contributed by atoms with E-state index in [0.29, 0.717) is 6.04 Å². The molecule has 3 nitrogen and oxygen atoms in total. The monoisotopic (exact) mass is 233 g/mol. The van der Waals surface area contributed by atoms with Crippen LogP contribution in [0.1, 0.15) is 24.8 Å². The molecule has 1 aromatic carbocycles. The Morgan fingerprint density at radius 2 is 2.12 bits per heavy atom. The lowest BCUT2D eigenvalue weighted by molar-refractivity contribution is 0.0626. The van der Waals surface area contributed by atoms with E-state index >= 15 is 0 Å². The van der Waals surface area contributed by atoms with E-state index in [9.17, 15) is 5.11 Å². The molecular formula is C14H19NO2. The molecule has 0 saturated heterocycles. The molecule has 0 radical (unpaired) electrons. The Hall–Kier alpha value is -1.06. The molecule has 1 heterocycles. The number of para-hydroxylation sites is 1. The molecule has 1 saturated carbocycles. The number of fused-ring (bicyclic) bond motifs is 1. The molecular weight excluding hydrogens is 214 g/mol. The molecule has 3 rings (SSSR count). The largest absolute Gasteiger partial charge is 0.492 e. The van der Waals surface area contributed by atoms with E-state index in [0.717, 1.165) is 44.7 Å². The van der Waals surface area contributed by atoms with Crippen molar-refractivity contribution in [3.63, 3.8) is 0 Å². The van der Waals surface area contributed by atoms with E-state index < -0.39 is 0 Å². The molecule has 1 aliphatic heterocycles. The van der Waals surface area contributed by atoms with Crippen molar-refractivity contribution in [1.29, 1.82) is 0 Å². The maximum Gasteiger partial charge on any atom is 0.123 e. The van der Waals surface area contributed by atoms with Crippen molar-refractivity contribution >= 4 is 0 Å². The third kappa shape index (κ3) is 2.17. The molecule has 92 valence electrons. The molecule has 0 unspecified atom stereocenters. The van der Waals surface area contributed by atoms with Crippen LogP contribution in [0.25, 0.3) is 0 Å². The molecule has 3 heteroatoms. The van der Waals surface area contributed by atoms with Crippen molar-refractivity contribution in [1.82, 2.24) is 4.90 Å². The van der Waals surface area contributed by atoms with Crippen LogP contribution < -0.4 is 4.74 Å². The first kappa shape index (κ1) is 11.1. The minimum atomic E-state index is -0.153. The van der Waals surface area contributed by atoms with Gasteiger partial charge in [0.05, 0.1) is 6.10 Å². The minimum Gasteiger partial charge on any atom is -0.492 e. The summed E-state index contributed by atoms with van der Waals surface area (Å²) in [6.07, 6.45) is 3.05. The van der Waals surface area contributed by atoms with Crippen molar-refractivity contribution in [2.75, 3.05) is 13.2 Å². The SMILES string of the molecule is O[C@@H]1CCC[C@H]1N1CCOc2ccccc2C1. The maximum atomic E-state index is 10.00. The van der Waals surface area contributed by atoms with E-state index in [4.69, 9.17) is 4.74 Å². The number of aliphatic hydroxyl groups excluding tert-OH is 1. The van der Waals surface area contributed by atoms with E-state index in [-0.39, 0.29) is 6.10 Å². The van der Waals surface area contributed by atoms with Crippen LogP contribution in [0.4, 0.5) is 0 Å². The quantitative estimate of drug-likeness (QED) is 0.802. The van der Waals surface area contributed by atoms with E-state index in [1.807, 2.05) is 12.1 Å². The van der Waals surface area contributed by atoms with Crippen LogP contribution in [0.2, 0.25) is 0 Å². The Kier molecular flexibility index (Phi) is 3.04. The summed E-state index contributed by atoms with van der Waals surface area (Å²) in [6.45, 7) is 2.54. The van der Waals surface area contributed by atoms with Crippen LogP contribution in [0, 0.1) is 0 Å². The molecule has 2 atom stereocenters. The molecule has 1 aliphatic carbocycles. The Morgan fingerprint density at radius 3 is 2.94 bits per heavy atom. The molecule has 1 fully saturated rings. The average Bonchev–Trinajstić information content (AvgIpc) is 2.65. The van der Waals surface area contributed by atoms with Gasteiger partial charge in [0.1, 0.15) is 12.4 Å². The molecule has 0 amide bonds. The number of benzene rings is 1. The lowest BCUT2D eigenvalue weighted by atomic mass is 10.1. The van der Waals surface area contributed by atoms with Crippen LogP contribution in [-0.2, 0) is 6.54 Å². The fraction of sp³-hybridized carbons (Fsp3) is 0.571. The van der Waals surface area contributed by atoms with Crippen LogP contribution in [0.5, 0.6) is 5.75 Å². The van der Waals surface area contributed by atoms with Crippen LogP contribution in [-0.4, -0.2) is 35.3 Å². The maximum absolute atomic E-state index is 10.00. The van der Waals surface area contributed by atoms with Crippen LogP contribution in [0.3, 0.4) is 0 Å². The second kappa shape index (κ2) is 4.67. The summed E-state index contributed by atoms with van der Waals surface area (Å²) in [5.41, 5.74) is 1.24. The highest BCUT2D eigenvalue weighted by atomic mass is 16.5. The Labute approximate surface area is 102 Å². The predicted molar refractivity (Wildman–Crippen MR) is 66.0 cm³/mol. The number of nitrogens with zero attached hydrogens (tertiary/aromatic N) is 1. The standard InChI is InChI=1S/C14H19NO2/c16-13-6-3-5-12(13)15-8-9-17-14-7-2-1-4-11(14)10-15/h1-2,4,7,12-13,16H,3,5-6,8-10H2/t12-,13-/m1/s1. The highest BCUT2D eigenvalue weighted by Gasteiger charge is 2.31. The second-order valence-corrected chi connectivity index (χ2v) is 4.99. The first-order valence-electron chi connectivity index (χ1n) is 6.47. The Morgan fingerprint density at radius 1 is 1.24 bits per heavy atom. The van der Waals surface area contributed by atoms with Gasteiger partial charge in [0.25, 0.3) is 0 Å². The second-order valence-electron chi connectivity index (χ2n) is 4.99. The topological polar surface area (TPSA) is 32.7 Å². The lowest BCUT2D eigenvalue weighted by Gasteiger charge is -2.29. The van der Waals surface area contributed by atoms with Gasteiger partial charge >= 0.3 is 0 Å². The van der Waals surface area contributed by atoms with E-state index in [1.165, 1.54) is 5.56 Å². The number of rotatable bonds is 1. The smallest absolute Gasteiger partial charge is 0.123 e. The number of aliphatic hydroxyl groups is 1. The fourth-order valence-corrected chi connectivity index (χ4v) is 2.98. The van der Waals surface area contributed by atoms with Crippen LogP contribution >= 0.6 is 0 Å². The summed E-state index contributed by atoms with van der Waals surface area (Å²) >= 11 is 0. The molecule has 17 heavy (non-hydrogen) atoms. The van der Waals surface area contributed by atoms with Gasteiger partial charge in [-0.05, 0) is 25.3 Å². The zero-order valence-corrected chi connectivity index (χ0v) is 10.0. The number of hydrogen-bond donors (Lipinski definition) is 1. The summed E-state index contributed by atoms with van der Waals surface area (Å²) in [6, 6.07) is 8.54. The molecule has 0 aromatic heterocycles. The molecule has 0 spiro atoms. The highest BCUT2D eigenvalue weighted by Crippen LogP contribution is 2.29. The van der Waals surface area contributed by atoms with Gasteiger partial charge in [-0.3, -0.25) is 4.90 Å². The van der Waals surface area contributed by atoms with Gasteiger partial charge in [0, 0.05) is 24.7 Å². The van der Waals surface area contributed by atoms with Gasteiger partial charge in [-0.2, -0.15) is 0 Å². The predicted octanol–water partition coefficient (Wildman–Crippen LogP) is 1.79. The third-order valence-electron chi connectivity index (χ3n) is 3.90. The minimum absolute atomic E-state index is 0.153. The van der Waals surface area contributed by atoms with Gasteiger partial charge in [-0.1, -0.05) is 18.2 Å². The normalized spacial score (nSPS) is 29.5. The Balaban J connectivity index is 1.80. The first-order valence-corrected chi connectivity index (χ1v) is 6.47. The summed E-state index contributed by atoms with van der Waals surface area (Å²) < 4.78 is 5.75. The van der Waals surface area contributed by atoms with Crippen molar-refractivity contribution in [2.45, 2.75) is 38.0 Å². The highest BCUT2D eigenvalue weighted by molar-refractivity contribution is 5.33. The fourth-order valence-electron chi connectivity index (χ4n) is 2.98. The van der Waals surface area contributed by atoms with Crippen molar-refractivity contribution < 1.29 is 9.84 Å². The molecule has 1 aromatic rings. The number of hydrogen-bond acceptors (Lipinski definition) is 3. The third-order valence-corrected chi connectivity index (χ3v) is 3.90. The van der Waals surface area contributed by atoms with Crippen LogP contribution in [0.15, 0.2) is 24.3 Å².